The number of methoxy groups -OCH3 is 3. The van der Waals surface area contributed by atoms with Gasteiger partial charge in [-0.25, -0.2) is 9.59 Å². The fourth-order valence-corrected chi connectivity index (χ4v) is 3.67. The second kappa shape index (κ2) is 9.57. The van der Waals surface area contributed by atoms with Crippen LogP contribution in [0.1, 0.15) is 17.0 Å². The van der Waals surface area contributed by atoms with E-state index in [9.17, 15) is 14.7 Å². The van der Waals surface area contributed by atoms with E-state index < -0.39 is 17.9 Å². The molecule has 3 rings (SSSR count). The Morgan fingerprint density at radius 1 is 1.00 bits per heavy atom. The van der Waals surface area contributed by atoms with Crippen LogP contribution in [0.3, 0.4) is 0 Å². The minimum Gasteiger partial charge on any atom is -0.503 e. The fourth-order valence-electron chi connectivity index (χ4n) is 3.45. The molecule has 0 spiro atoms. The Hall–Kier alpha value is -3.45. The molecule has 0 fully saturated rings. The average molecular weight is 444 g/mol. The summed E-state index contributed by atoms with van der Waals surface area (Å²) in [6.45, 7) is 0.425. The number of esters is 2. The number of carbonyl (C=O) groups excluding carboxylic acids is 2. The number of nitrogens with zero attached hydrogens (tertiary/aromatic N) is 1. The van der Waals surface area contributed by atoms with E-state index in [4.69, 9.17) is 25.8 Å². The van der Waals surface area contributed by atoms with Crippen molar-refractivity contribution in [3.63, 3.8) is 0 Å². The number of phenols is 1. The van der Waals surface area contributed by atoms with E-state index in [1.54, 1.807) is 17.3 Å². The molecule has 0 aromatic heterocycles. The lowest BCUT2D eigenvalue weighted by Crippen LogP contribution is -2.28. The number of hydrogen-bond donors (Lipinski definition) is 1. The van der Waals surface area contributed by atoms with Gasteiger partial charge in [0.15, 0.2) is 11.5 Å². The quantitative estimate of drug-likeness (QED) is 0.680. The minimum atomic E-state index is -0.834. The minimum absolute atomic E-state index is 0.0227. The summed E-state index contributed by atoms with van der Waals surface area (Å²) in [7, 11) is 3.91. The molecule has 1 N–H and O–H groups in total. The van der Waals surface area contributed by atoms with Gasteiger partial charge in [0.25, 0.3) is 0 Å². The maximum Gasteiger partial charge on any atom is 0.336 e. The third kappa shape index (κ3) is 4.67. The van der Waals surface area contributed by atoms with E-state index in [0.29, 0.717) is 12.1 Å². The van der Waals surface area contributed by atoms with Crippen molar-refractivity contribution in [1.29, 1.82) is 0 Å². The van der Waals surface area contributed by atoms with E-state index in [0.717, 1.165) is 5.56 Å². The summed E-state index contributed by atoms with van der Waals surface area (Å²) in [6, 6.07) is 12.6. The molecule has 0 aliphatic carbocycles. The molecule has 0 unspecified atom stereocenters. The summed E-state index contributed by atoms with van der Waals surface area (Å²) in [6.07, 6.45) is 3.26. The van der Waals surface area contributed by atoms with Gasteiger partial charge in [-0.3, -0.25) is 0 Å². The molecular weight excluding hydrogens is 422 g/mol. The lowest BCUT2D eigenvalue weighted by atomic mass is 9.83. The molecule has 0 amide bonds. The third-order valence-corrected chi connectivity index (χ3v) is 5.17. The van der Waals surface area contributed by atoms with Crippen LogP contribution in [0.5, 0.6) is 11.5 Å². The van der Waals surface area contributed by atoms with E-state index in [1.807, 2.05) is 30.3 Å². The van der Waals surface area contributed by atoms with Gasteiger partial charge in [-0.2, -0.15) is 0 Å². The molecule has 1 aliphatic rings. The number of benzene rings is 2. The van der Waals surface area contributed by atoms with Crippen LogP contribution in [0.15, 0.2) is 66.0 Å². The molecule has 2 aromatic carbocycles. The van der Waals surface area contributed by atoms with Gasteiger partial charge < -0.3 is 24.2 Å². The molecule has 0 atom stereocenters. The summed E-state index contributed by atoms with van der Waals surface area (Å²) >= 11 is 6.16. The Labute approximate surface area is 185 Å². The SMILES string of the molecule is COC(=O)C1=CN(Cc2ccccc2)C=C(C(=O)OC)C1c1cc(Cl)c(O)c(OC)c1. The lowest BCUT2D eigenvalue weighted by molar-refractivity contribution is -0.137. The average Bonchev–Trinajstić information content (AvgIpc) is 2.79. The van der Waals surface area contributed by atoms with Crippen molar-refractivity contribution in [2.24, 2.45) is 0 Å². The molecule has 1 heterocycles. The highest BCUT2D eigenvalue weighted by Gasteiger charge is 2.36. The summed E-state index contributed by atoms with van der Waals surface area (Å²) in [5, 5.41) is 10.1. The van der Waals surface area contributed by atoms with Crippen molar-refractivity contribution < 1.29 is 28.9 Å². The first kappa shape index (κ1) is 22.2. The van der Waals surface area contributed by atoms with Crippen molar-refractivity contribution in [3.05, 3.63) is 82.2 Å². The zero-order valence-electron chi connectivity index (χ0n) is 17.3. The van der Waals surface area contributed by atoms with Crippen LogP contribution >= 0.6 is 11.6 Å². The van der Waals surface area contributed by atoms with Gasteiger partial charge in [-0.1, -0.05) is 41.9 Å². The Balaban J connectivity index is 2.14. The smallest absolute Gasteiger partial charge is 0.336 e. The van der Waals surface area contributed by atoms with Crippen LogP contribution in [0, 0.1) is 0 Å². The highest BCUT2D eigenvalue weighted by molar-refractivity contribution is 6.32. The number of phenolic OH excluding ortho intramolecular Hbond substituents is 1. The van der Waals surface area contributed by atoms with E-state index >= 15 is 0 Å². The Bertz CT molecular complexity index is 1010. The maximum absolute atomic E-state index is 12.7. The number of aromatic hydroxyl groups is 1. The predicted molar refractivity (Wildman–Crippen MR) is 115 cm³/mol. The van der Waals surface area contributed by atoms with Gasteiger partial charge in [-0.15, -0.1) is 0 Å². The van der Waals surface area contributed by atoms with Crippen LogP contribution in [0.4, 0.5) is 0 Å². The Morgan fingerprint density at radius 3 is 2.10 bits per heavy atom. The normalized spacial score (nSPS) is 13.9. The maximum atomic E-state index is 12.7. The molecule has 0 bridgehead atoms. The summed E-state index contributed by atoms with van der Waals surface area (Å²) in [4.78, 5) is 27.1. The first-order valence-electron chi connectivity index (χ1n) is 9.35. The van der Waals surface area contributed by atoms with E-state index in [2.05, 4.69) is 0 Å². The van der Waals surface area contributed by atoms with Gasteiger partial charge in [-0.05, 0) is 23.3 Å². The van der Waals surface area contributed by atoms with E-state index in [1.165, 1.54) is 33.5 Å². The zero-order chi connectivity index (χ0) is 22.5. The van der Waals surface area contributed by atoms with Crippen molar-refractivity contribution in [3.8, 4) is 11.5 Å². The molecule has 1 aliphatic heterocycles. The van der Waals surface area contributed by atoms with E-state index in [-0.39, 0.29) is 27.7 Å². The molecule has 0 saturated heterocycles. The molecule has 162 valence electrons. The lowest BCUT2D eigenvalue weighted by Gasteiger charge is -2.30. The summed E-state index contributed by atoms with van der Waals surface area (Å²) in [5.74, 6) is -2.18. The van der Waals surface area contributed by atoms with Crippen molar-refractivity contribution in [2.75, 3.05) is 21.3 Å². The largest absolute Gasteiger partial charge is 0.503 e. The first-order chi connectivity index (χ1) is 14.9. The van der Waals surface area contributed by atoms with Crippen LogP contribution in [0.25, 0.3) is 0 Å². The number of carbonyl (C=O) groups is 2. The summed E-state index contributed by atoms with van der Waals surface area (Å²) < 4.78 is 15.2. The Morgan fingerprint density at radius 2 is 1.58 bits per heavy atom. The van der Waals surface area contributed by atoms with Gasteiger partial charge >= 0.3 is 11.9 Å². The second-order valence-electron chi connectivity index (χ2n) is 6.80. The van der Waals surface area contributed by atoms with Crippen LogP contribution in [0.2, 0.25) is 5.02 Å². The number of hydrogen-bond acceptors (Lipinski definition) is 7. The molecule has 0 radical (unpaired) electrons. The summed E-state index contributed by atoms with van der Waals surface area (Å²) in [5.41, 5.74) is 1.87. The molecule has 31 heavy (non-hydrogen) atoms. The Kier molecular flexibility index (Phi) is 6.87. The topological polar surface area (TPSA) is 85.3 Å². The van der Waals surface area contributed by atoms with Gasteiger partial charge in [0.2, 0.25) is 0 Å². The standard InChI is InChI=1S/C23H22ClNO6/c1-29-19-10-15(9-18(24)21(19)26)20-16(22(27)30-2)12-25(13-17(20)23(28)31-3)11-14-7-5-4-6-8-14/h4-10,12-13,20,26H,11H2,1-3H3. The van der Waals surface area contributed by atoms with Crippen LogP contribution < -0.4 is 4.74 Å². The second-order valence-corrected chi connectivity index (χ2v) is 7.20. The monoisotopic (exact) mass is 443 g/mol. The van der Waals surface area contributed by atoms with Gasteiger partial charge in [0, 0.05) is 18.9 Å². The van der Waals surface area contributed by atoms with Gasteiger partial charge in [0.05, 0.1) is 43.4 Å². The molecule has 8 heteroatoms. The van der Waals surface area contributed by atoms with Crippen LogP contribution in [-0.2, 0) is 25.6 Å². The van der Waals surface area contributed by atoms with Crippen molar-refractivity contribution in [1.82, 2.24) is 4.90 Å². The molecule has 0 saturated carbocycles. The van der Waals surface area contributed by atoms with Crippen LogP contribution in [-0.4, -0.2) is 43.3 Å². The first-order valence-corrected chi connectivity index (χ1v) is 9.73. The van der Waals surface area contributed by atoms with Crippen molar-refractivity contribution in [2.45, 2.75) is 12.5 Å². The number of ether oxygens (including phenoxy) is 3. The van der Waals surface area contributed by atoms with Crippen molar-refractivity contribution >= 4 is 23.5 Å². The number of halogens is 1. The zero-order valence-corrected chi connectivity index (χ0v) is 18.1. The molecule has 2 aromatic rings. The highest BCUT2D eigenvalue weighted by atomic mass is 35.5. The molecule has 7 nitrogen and oxygen atoms in total. The predicted octanol–water partition coefficient (Wildman–Crippen LogP) is 3.77. The number of rotatable bonds is 6. The molecular formula is C23H22ClNO6. The highest BCUT2D eigenvalue weighted by Crippen LogP contribution is 2.43. The van der Waals surface area contributed by atoms with Gasteiger partial charge in [0.1, 0.15) is 0 Å². The fraction of sp³-hybridized carbons (Fsp3) is 0.217. The third-order valence-electron chi connectivity index (χ3n) is 4.89.